The molecule has 0 saturated carbocycles. The van der Waals surface area contributed by atoms with Gasteiger partial charge in [-0.1, -0.05) is 46.3 Å². The molecule has 16 heavy (non-hydrogen) atoms. The van der Waals surface area contributed by atoms with E-state index in [0.717, 1.165) is 21.9 Å². The topological polar surface area (TPSA) is 43.1 Å². The van der Waals surface area contributed by atoms with Gasteiger partial charge in [-0.2, -0.15) is 0 Å². The Morgan fingerprint density at radius 3 is 2.50 bits per heavy atom. The maximum absolute atomic E-state index is 10.9. The number of hydrogen-bond acceptors (Lipinski definition) is 2. The molecule has 2 rings (SSSR count). The number of carbonyl (C=O) groups excluding carboxylic acids is 1. The Hall–Kier alpha value is -1.61. The van der Waals surface area contributed by atoms with Gasteiger partial charge in [-0.15, -0.1) is 0 Å². The van der Waals surface area contributed by atoms with E-state index in [-0.39, 0.29) is 0 Å². The van der Waals surface area contributed by atoms with E-state index in [2.05, 4.69) is 15.9 Å². The van der Waals surface area contributed by atoms with Gasteiger partial charge < -0.3 is 5.73 Å². The second-order valence-electron chi connectivity index (χ2n) is 3.44. The zero-order valence-corrected chi connectivity index (χ0v) is 10.1. The van der Waals surface area contributed by atoms with Crippen molar-refractivity contribution in [1.29, 1.82) is 0 Å². The number of rotatable bonds is 2. The third-order valence-corrected chi connectivity index (χ3v) is 2.88. The van der Waals surface area contributed by atoms with Gasteiger partial charge in [-0.05, 0) is 17.7 Å². The molecule has 2 nitrogen and oxygen atoms in total. The molecule has 0 aliphatic heterocycles. The number of nitrogen functional groups attached to an aromatic ring is 1. The lowest BCUT2D eigenvalue weighted by atomic mass is 9.99. The third-order valence-electron chi connectivity index (χ3n) is 2.39. The van der Waals surface area contributed by atoms with Crippen molar-refractivity contribution >= 4 is 27.9 Å². The molecule has 0 saturated heterocycles. The largest absolute Gasteiger partial charge is 0.398 e. The number of aldehydes is 1. The van der Waals surface area contributed by atoms with Crippen molar-refractivity contribution in [2.75, 3.05) is 5.73 Å². The number of hydrogen-bond donors (Lipinski definition) is 1. The van der Waals surface area contributed by atoms with Crippen LogP contribution in [0.3, 0.4) is 0 Å². The van der Waals surface area contributed by atoms with E-state index in [1.807, 2.05) is 36.4 Å². The van der Waals surface area contributed by atoms with Crippen molar-refractivity contribution in [1.82, 2.24) is 0 Å². The zero-order chi connectivity index (χ0) is 11.5. The van der Waals surface area contributed by atoms with Crippen LogP contribution in [0.1, 0.15) is 10.4 Å². The summed E-state index contributed by atoms with van der Waals surface area (Å²) in [6, 6.07) is 13.0. The molecule has 0 atom stereocenters. The van der Waals surface area contributed by atoms with E-state index in [1.165, 1.54) is 0 Å². The highest BCUT2D eigenvalue weighted by molar-refractivity contribution is 9.10. The lowest BCUT2D eigenvalue weighted by Crippen LogP contribution is -1.93. The van der Waals surface area contributed by atoms with Gasteiger partial charge in [0.15, 0.2) is 6.29 Å². The van der Waals surface area contributed by atoms with Crippen LogP contribution in [0.5, 0.6) is 0 Å². The fourth-order valence-corrected chi connectivity index (χ4v) is 2.00. The summed E-state index contributed by atoms with van der Waals surface area (Å²) in [5.74, 6) is 0. The van der Waals surface area contributed by atoms with Crippen molar-refractivity contribution < 1.29 is 4.79 Å². The SMILES string of the molecule is Nc1cc(Br)ccc1-c1ccccc1C=O. The van der Waals surface area contributed by atoms with Crippen molar-refractivity contribution in [2.24, 2.45) is 0 Å². The highest BCUT2D eigenvalue weighted by Gasteiger charge is 2.06. The van der Waals surface area contributed by atoms with E-state index in [0.29, 0.717) is 11.3 Å². The minimum absolute atomic E-state index is 0.650. The first kappa shape index (κ1) is 10.9. The first-order valence-corrected chi connectivity index (χ1v) is 5.61. The van der Waals surface area contributed by atoms with E-state index < -0.39 is 0 Å². The molecule has 0 bridgehead atoms. The van der Waals surface area contributed by atoms with Crippen molar-refractivity contribution in [3.63, 3.8) is 0 Å². The van der Waals surface area contributed by atoms with E-state index in [9.17, 15) is 4.79 Å². The molecule has 2 aromatic carbocycles. The predicted octanol–water partition coefficient (Wildman–Crippen LogP) is 3.51. The van der Waals surface area contributed by atoms with Crippen LogP contribution in [0.4, 0.5) is 5.69 Å². The molecule has 0 unspecified atom stereocenters. The summed E-state index contributed by atoms with van der Waals surface area (Å²) in [6.45, 7) is 0. The molecule has 0 aromatic heterocycles. The summed E-state index contributed by atoms with van der Waals surface area (Å²) in [7, 11) is 0. The zero-order valence-electron chi connectivity index (χ0n) is 8.48. The quantitative estimate of drug-likeness (QED) is 0.673. The Kier molecular flexibility index (Phi) is 3.06. The summed E-state index contributed by atoms with van der Waals surface area (Å²) < 4.78 is 0.928. The molecule has 3 heteroatoms. The molecular formula is C13H10BrNO. The van der Waals surface area contributed by atoms with E-state index in [4.69, 9.17) is 5.73 Å². The molecule has 0 aliphatic rings. The van der Waals surface area contributed by atoms with Crippen LogP contribution in [0.15, 0.2) is 46.9 Å². The lowest BCUT2D eigenvalue weighted by molar-refractivity contribution is 0.112. The molecule has 0 heterocycles. The van der Waals surface area contributed by atoms with Crippen LogP contribution in [-0.4, -0.2) is 6.29 Å². The Morgan fingerprint density at radius 2 is 1.81 bits per heavy atom. The summed E-state index contributed by atoms with van der Waals surface area (Å²) in [5.41, 5.74) is 8.98. The minimum Gasteiger partial charge on any atom is -0.398 e. The van der Waals surface area contributed by atoms with Gasteiger partial charge in [0.25, 0.3) is 0 Å². The van der Waals surface area contributed by atoms with Crippen LogP contribution in [-0.2, 0) is 0 Å². The minimum atomic E-state index is 0.650. The molecule has 0 aliphatic carbocycles. The molecular weight excluding hydrogens is 266 g/mol. The Bertz CT molecular complexity index is 537. The number of halogens is 1. The van der Waals surface area contributed by atoms with Crippen LogP contribution in [0.2, 0.25) is 0 Å². The summed E-state index contributed by atoms with van der Waals surface area (Å²) >= 11 is 3.35. The fraction of sp³-hybridized carbons (Fsp3) is 0. The van der Waals surface area contributed by atoms with Gasteiger partial charge in [-0.25, -0.2) is 0 Å². The number of carbonyl (C=O) groups is 1. The monoisotopic (exact) mass is 275 g/mol. The van der Waals surface area contributed by atoms with E-state index >= 15 is 0 Å². The van der Waals surface area contributed by atoms with Gasteiger partial charge in [0.05, 0.1) is 0 Å². The standard InChI is InChI=1S/C13H10BrNO/c14-10-5-6-12(13(15)7-10)11-4-2-1-3-9(11)8-16/h1-8H,15H2. The Balaban J connectivity index is 2.62. The Labute approximate surface area is 102 Å². The summed E-state index contributed by atoms with van der Waals surface area (Å²) in [4.78, 5) is 10.9. The molecule has 2 N–H and O–H groups in total. The van der Waals surface area contributed by atoms with Gasteiger partial charge >= 0.3 is 0 Å². The van der Waals surface area contributed by atoms with Gasteiger partial charge in [-0.3, -0.25) is 4.79 Å². The number of anilines is 1. The first-order valence-electron chi connectivity index (χ1n) is 4.82. The van der Waals surface area contributed by atoms with Gasteiger partial charge in [0, 0.05) is 21.3 Å². The number of nitrogens with two attached hydrogens (primary N) is 1. The second kappa shape index (κ2) is 4.49. The molecule has 2 aromatic rings. The molecule has 0 amide bonds. The molecule has 0 spiro atoms. The van der Waals surface area contributed by atoms with Crippen molar-refractivity contribution in [3.05, 3.63) is 52.5 Å². The van der Waals surface area contributed by atoms with Crippen LogP contribution < -0.4 is 5.73 Å². The van der Waals surface area contributed by atoms with Crippen LogP contribution in [0.25, 0.3) is 11.1 Å². The second-order valence-corrected chi connectivity index (χ2v) is 4.35. The molecule has 0 fully saturated rings. The van der Waals surface area contributed by atoms with Crippen LogP contribution in [0, 0.1) is 0 Å². The first-order chi connectivity index (χ1) is 7.72. The highest BCUT2D eigenvalue weighted by Crippen LogP contribution is 2.30. The average molecular weight is 276 g/mol. The number of benzene rings is 2. The van der Waals surface area contributed by atoms with Gasteiger partial charge in [0.2, 0.25) is 0 Å². The highest BCUT2D eigenvalue weighted by atomic mass is 79.9. The average Bonchev–Trinajstić information content (AvgIpc) is 2.29. The maximum atomic E-state index is 10.9. The van der Waals surface area contributed by atoms with Crippen molar-refractivity contribution in [3.8, 4) is 11.1 Å². The normalized spacial score (nSPS) is 10.1. The predicted molar refractivity (Wildman–Crippen MR) is 69.4 cm³/mol. The maximum Gasteiger partial charge on any atom is 0.150 e. The molecule has 80 valence electrons. The van der Waals surface area contributed by atoms with E-state index in [1.54, 1.807) is 6.07 Å². The molecule has 0 radical (unpaired) electrons. The Morgan fingerprint density at radius 1 is 1.06 bits per heavy atom. The summed E-state index contributed by atoms with van der Waals surface area (Å²) in [6.07, 6.45) is 0.844. The lowest BCUT2D eigenvalue weighted by Gasteiger charge is -2.08. The third kappa shape index (κ3) is 1.99. The smallest absolute Gasteiger partial charge is 0.150 e. The van der Waals surface area contributed by atoms with Gasteiger partial charge in [0.1, 0.15) is 0 Å². The fourth-order valence-electron chi connectivity index (χ4n) is 1.62. The summed E-state index contributed by atoms with van der Waals surface area (Å²) in [5, 5.41) is 0. The van der Waals surface area contributed by atoms with Crippen LogP contribution >= 0.6 is 15.9 Å². The van der Waals surface area contributed by atoms with Crippen molar-refractivity contribution in [2.45, 2.75) is 0 Å².